The number of carbonyl (C=O) groups is 1. The first-order valence-electron chi connectivity index (χ1n) is 9.82. The maximum Gasteiger partial charge on any atom is 0.243 e. The van der Waals surface area contributed by atoms with Crippen molar-refractivity contribution >= 4 is 28.6 Å². The van der Waals surface area contributed by atoms with Crippen LogP contribution in [0.1, 0.15) is 26.3 Å². The van der Waals surface area contributed by atoms with Crippen LogP contribution in [0.2, 0.25) is 0 Å². The second-order valence-electron chi connectivity index (χ2n) is 7.19. The molecular weight excluding hydrogens is 371 g/mol. The predicted octanol–water partition coefficient (Wildman–Crippen LogP) is 5.47. The largest absolute Gasteiger partial charge is 0.342 e. The number of hydrogen-bond donors (Lipinski definition) is 0. The Kier molecular flexibility index (Phi) is 4.96. The fourth-order valence-corrected chi connectivity index (χ4v) is 5.75. The molecule has 2 heterocycles. The number of fused-ring (bicyclic) bond motifs is 5. The summed E-state index contributed by atoms with van der Waals surface area (Å²) in [7, 11) is 0. The summed E-state index contributed by atoms with van der Waals surface area (Å²) >= 11 is 1.62. The van der Waals surface area contributed by atoms with E-state index in [4.69, 9.17) is 0 Å². The molecule has 1 aliphatic heterocycles. The first-order valence-corrected chi connectivity index (χ1v) is 10.6. The highest BCUT2D eigenvalue weighted by atomic mass is 32.2. The molecule has 146 valence electrons. The molecule has 3 aromatic rings. The first kappa shape index (κ1) is 19.1. The lowest BCUT2D eigenvalue weighted by molar-refractivity contribution is -0.133. The van der Waals surface area contributed by atoms with Gasteiger partial charge < -0.3 is 9.47 Å². The molecule has 0 fully saturated rings. The Morgan fingerprint density at radius 3 is 2.50 bits per heavy atom. The molecule has 3 nitrogen and oxygen atoms in total. The zero-order chi connectivity index (χ0) is 19.9. The van der Waals surface area contributed by atoms with Crippen molar-refractivity contribution in [1.82, 2.24) is 9.47 Å². The van der Waals surface area contributed by atoms with E-state index in [2.05, 4.69) is 22.8 Å². The van der Waals surface area contributed by atoms with E-state index < -0.39 is 11.4 Å². The third-order valence-corrected chi connectivity index (χ3v) is 7.03. The minimum absolute atomic E-state index is 0.112. The summed E-state index contributed by atoms with van der Waals surface area (Å²) in [6.07, 6.45) is 0. The molecule has 28 heavy (non-hydrogen) atoms. The van der Waals surface area contributed by atoms with Crippen LogP contribution in [0.25, 0.3) is 22.2 Å². The minimum Gasteiger partial charge on any atom is -0.342 e. The number of nitrogens with zero attached hydrogens (tertiary/aromatic N) is 2. The summed E-state index contributed by atoms with van der Waals surface area (Å²) < 4.78 is 14.8. The predicted molar refractivity (Wildman–Crippen MR) is 114 cm³/mol. The molecular formula is C23H25FN2OS. The number of carbonyl (C=O) groups excluding carboxylic acids is 1. The number of likely N-dealkylation sites (N-methyl/N-ethyl adjacent to an activating group) is 1. The summed E-state index contributed by atoms with van der Waals surface area (Å²) in [5.41, 5.74) is 4.06. The summed E-state index contributed by atoms with van der Waals surface area (Å²) in [5, 5.41) is 1.04. The van der Waals surface area contributed by atoms with Crippen LogP contribution in [0.5, 0.6) is 0 Å². The average Bonchev–Trinajstić information content (AvgIpc) is 3.05. The molecule has 0 bridgehead atoms. The molecule has 0 saturated heterocycles. The number of halogens is 1. The highest BCUT2D eigenvalue weighted by molar-refractivity contribution is 8.01. The van der Waals surface area contributed by atoms with E-state index in [-0.39, 0.29) is 12.5 Å². The van der Waals surface area contributed by atoms with E-state index in [0.29, 0.717) is 13.1 Å². The van der Waals surface area contributed by atoms with Gasteiger partial charge in [0.1, 0.15) is 11.4 Å². The molecule has 4 rings (SSSR count). The minimum atomic E-state index is -0.753. The number of amides is 1. The fourth-order valence-electron chi connectivity index (χ4n) is 4.37. The smallest absolute Gasteiger partial charge is 0.243 e. The molecule has 2 aromatic carbocycles. The number of hydrogen-bond acceptors (Lipinski definition) is 2. The summed E-state index contributed by atoms with van der Waals surface area (Å²) in [5.74, 6) is 0.112. The molecule has 1 amide bonds. The van der Waals surface area contributed by atoms with Gasteiger partial charge in [-0.3, -0.25) is 4.79 Å². The highest BCUT2D eigenvalue weighted by Gasteiger charge is 2.46. The van der Waals surface area contributed by atoms with Crippen molar-refractivity contribution < 1.29 is 9.18 Å². The SMILES string of the molecule is CCN(CC)C(=O)[C@@]1(C)Sc2ccccc2-c2c1c1ccccc1n2CCF. The van der Waals surface area contributed by atoms with Crippen LogP contribution in [0.4, 0.5) is 4.39 Å². The molecule has 0 unspecified atom stereocenters. The first-order chi connectivity index (χ1) is 13.6. The van der Waals surface area contributed by atoms with E-state index in [9.17, 15) is 9.18 Å². The maximum atomic E-state index is 13.7. The Morgan fingerprint density at radius 2 is 1.79 bits per heavy atom. The number of aryl methyl sites for hydroxylation is 1. The highest BCUT2D eigenvalue weighted by Crippen LogP contribution is 2.56. The van der Waals surface area contributed by atoms with E-state index in [1.54, 1.807) is 11.8 Å². The third kappa shape index (κ3) is 2.67. The number of benzene rings is 2. The fraction of sp³-hybridized carbons (Fsp3) is 0.348. The molecule has 5 heteroatoms. The van der Waals surface area contributed by atoms with Gasteiger partial charge in [-0.05, 0) is 32.9 Å². The maximum absolute atomic E-state index is 13.7. The van der Waals surface area contributed by atoms with E-state index in [1.807, 2.05) is 56.0 Å². The normalized spacial score (nSPS) is 18.0. The van der Waals surface area contributed by atoms with Crippen molar-refractivity contribution in [3.8, 4) is 11.3 Å². The van der Waals surface area contributed by atoms with Gasteiger partial charge in [0, 0.05) is 40.0 Å². The number of para-hydroxylation sites is 1. The van der Waals surface area contributed by atoms with Crippen LogP contribution in [-0.2, 0) is 16.1 Å². The zero-order valence-electron chi connectivity index (χ0n) is 16.5. The second kappa shape index (κ2) is 7.28. The van der Waals surface area contributed by atoms with Crippen molar-refractivity contribution in [1.29, 1.82) is 0 Å². The molecule has 1 aromatic heterocycles. The Bertz CT molecular complexity index is 1040. The summed E-state index contributed by atoms with van der Waals surface area (Å²) in [6.45, 7) is 7.24. The van der Waals surface area contributed by atoms with Gasteiger partial charge in [0.2, 0.25) is 5.91 Å². The van der Waals surface area contributed by atoms with Gasteiger partial charge in [-0.25, -0.2) is 4.39 Å². The molecule has 0 N–H and O–H groups in total. The van der Waals surface area contributed by atoms with E-state index in [1.165, 1.54) is 0 Å². The number of rotatable bonds is 5. The van der Waals surface area contributed by atoms with Crippen LogP contribution < -0.4 is 0 Å². The van der Waals surface area contributed by atoms with Gasteiger partial charge in [-0.2, -0.15) is 0 Å². The van der Waals surface area contributed by atoms with Crippen LogP contribution in [-0.4, -0.2) is 35.1 Å². The van der Waals surface area contributed by atoms with Crippen molar-refractivity contribution in [2.24, 2.45) is 0 Å². The molecule has 0 aliphatic carbocycles. The number of aromatic nitrogens is 1. The lowest BCUT2D eigenvalue weighted by atomic mass is 9.91. The lowest BCUT2D eigenvalue weighted by Crippen LogP contribution is -2.44. The van der Waals surface area contributed by atoms with Gasteiger partial charge in [0.15, 0.2) is 0 Å². The van der Waals surface area contributed by atoms with Gasteiger partial charge in [-0.15, -0.1) is 11.8 Å². The Labute approximate surface area is 169 Å². The molecule has 0 saturated carbocycles. The standard InChI is InChI=1S/C23H25FN2OS/c1-4-25(5-2)22(27)23(3)20-16-10-6-8-12-18(16)26(15-14-24)21(20)17-11-7-9-13-19(17)28-23/h6-13H,4-5,14-15H2,1-3H3/t23-/m0/s1. The van der Waals surface area contributed by atoms with Crippen LogP contribution in [0.3, 0.4) is 0 Å². The third-order valence-electron chi connectivity index (χ3n) is 5.67. The second-order valence-corrected chi connectivity index (χ2v) is 8.65. The van der Waals surface area contributed by atoms with Crippen molar-refractivity contribution in [2.75, 3.05) is 19.8 Å². The average molecular weight is 397 g/mol. The monoisotopic (exact) mass is 396 g/mol. The topological polar surface area (TPSA) is 25.2 Å². The van der Waals surface area contributed by atoms with Crippen molar-refractivity contribution in [2.45, 2.75) is 37.0 Å². The lowest BCUT2D eigenvalue weighted by Gasteiger charge is -2.37. The molecule has 0 radical (unpaired) electrons. The van der Waals surface area contributed by atoms with Gasteiger partial charge in [-0.1, -0.05) is 36.4 Å². The van der Waals surface area contributed by atoms with Crippen LogP contribution in [0.15, 0.2) is 53.4 Å². The number of alkyl halides is 1. The number of thioether (sulfide) groups is 1. The van der Waals surface area contributed by atoms with Crippen molar-refractivity contribution in [3.05, 3.63) is 54.1 Å². The van der Waals surface area contributed by atoms with Crippen LogP contribution >= 0.6 is 11.8 Å². The van der Waals surface area contributed by atoms with Gasteiger partial charge in [0.25, 0.3) is 0 Å². The van der Waals surface area contributed by atoms with Gasteiger partial charge >= 0.3 is 0 Å². The van der Waals surface area contributed by atoms with Crippen LogP contribution in [0, 0.1) is 0 Å². The summed E-state index contributed by atoms with van der Waals surface area (Å²) in [6, 6.07) is 16.2. The van der Waals surface area contributed by atoms with E-state index >= 15 is 0 Å². The Balaban J connectivity index is 2.09. The quantitative estimate of drug-likeness (QED) is 0.572. The van der Waals surface area contributed by atoms with Gasteiger partial charge in [0.05, 0.1) is 12.2 Å². The van der Waals surface area contributed by atoms with Crippen molar-refractivity contribution in [3.63, 3.8) is 0 Å². The summed E-state index contributed by atoms with van der Waals surface area (Å²) in [4.78, 5) is 16.7. The zero-order valence-corrected chi connectivity index (χ0v) is 17.4. The Hall–Kier alpha value is -2.27. The Morgan fingerprint density at radius 1 is 1.11 bits per heavy atom. The molecule has 1 aliphatic rings. The molecule has 0 spiro atoms. The molecule has 1 atom stereocenters. The van der Waals surface area contributed by atoms with E-state index in [0.717, 1.165) is 32.6 Å².